The van der Waals surface area contributed by atoms with E-state index in [4.69, 9.17) is 14.2 Å². The van der Waals surface area contributed by atoms with Crippen LogP contribution < -0.4 is 0 Å². The summed E-state index contributed by atoms with van der Waals surface area (Å²) in [6.07, 6.45) is 6.75. The molecule has 2 unspecified atom stereocenters. The molecule has 5 heteroatoms. The van der Waals surface area contributed by atoms with Gasteiger partial charge in [0.15, 0.2) is 17.7 Å². The van der Waals surface area contributed by atoms with E-state index in [-0.39, 0.29) is 11.6 Å². The van der Waals surface area contributed by atoms with Gasteiger partial charge >= 0.3 is 0 Å². The molecule has 3 fully saturated rings. The number of Topliss-reactive ketones (excluding diaryl/α,β-unsaturated/α-hetero) is 1. The molecule has 1 saturated carbocycles. The van der Waals surface area contributed by atoms with Gasteiger partial charge in [-0.3, -0.25) is 9.59 Å². The van der Waals surface area contributed by atoms with Gasteiger partial charge in [0.1, 0.15) is 11.0 Å². The fraction of sp³-hybridized carbons (Fsp3) is 0.538. The van der Waals surface area contributed by atoms with Gasteiger partial charge in [0.05, 0.1) is 0 Å². The number of allylic oxidation sites excluding steroid dienone is 2. The van der Waals surface area contributed by atoms with E-state index in [9.17, 15) is 9.59 Å². The molecule has 0 amide bonds. The van der Waals surface area contributed by atoms with Gasteiger partial charge in [0, 0.05) is 7.11 Å². The number of carbonyl (C=O) groups excluding carboxylic acids is 2. The molecule has 2 saturated heterocycles. The molecule has 2 bridgehead atoms. The van der Waals surface area contributed by atoms with Crippen LogP contribution in [0.1, 0.15) is 12.8 Å². The van der Waals surface area contributed by atoms with Crippen molar-refractivity contribution in [1.29, 1.82) is 0 Å². The average molecular weight is 248 g/mol. The van der Waals surface area contributed by atoms with Gasteiger partial charge in [-0.05, 0) is 37.1 Å². The highest BCUT2D eigenvalue weighted by Gasteiger charge is 2.82. The average Bonchev–Trinajstić information content (AvgIpc) is 3.07. The van der Waals surface area contributed by atoms with E-state index in [1.165, 1.54) is 19.3 Å². The van der Waals surface area contributed by atoms with Gasteiger partial charge in [-0.25, -0.2) is 0 Å². The highest BCUT2D eigenvalue weighted by atomic mass is 16.9. The van der Waals surface area contributed by atoms with E-state index in [0.29, 0.717) is 0 Å². The third-order valence-corrected chi connectivity index (χ3v) is 4.32. The molecule has 0 aromatic heterocycles. The number of fused-ring (bicyclic) bond motifs is 4. The number of methoxy groups -OCH3 is 1. The number of hydrogen-bond donors (Lipinski definition) is 0. The van der Waals surface area contributed by atoms with Crippen molar-refractivity contribution in [1.82, 2.24) is 0 Å². The Morgan fingerprint density at radius 1 is 1.28 bits per heavy atom. The zero-order valence-corrected chi connectivity index (χ0v) is 9.84. The molecule has 4 rings (SSSR count). The molecule has 2 heterocycles. The second-order valence-corrected chi connectivity index (χ2v) is 5.23. The van der Waals surface area contributed by atoms with Gasteiger partial charge in [-0.2, -0.15) is 0 Å². The zero-order chi connectivity index (χ0) is 12.6. The van der Waals surface area contributed by atoms with Gasteiger partial charge in [0.2, 0.25) is 0 Å². The number of ether oxygens (including phenoxy) is 3. The van der Waals surface area contributed by atoms with Gasteiger partial charge in [-0.1, -0.05) is 0 Å². The van der Waals surface area contributed by atoms with E-state index in [0.717, 1.165) is 12.8 Å². The lowest BCUT2D eigenvalue weighted by Crippen LogP contribution is -2.54. The van der Waals surface area contributed by atoms with Crippen LogP contribution in [0.5, 0.6) is 0 Å². The molecule has 94 valence electrons. The van der Waals surface area contributed by atoms with Crippen LogP contribution >= 0.6 is 0 Å². The normalized spacial score (nSPS) is 41.3. The van der Waals surface area contributed by atoms with Crippen LogP contribution in [-0.4, -0.2) is 36.4 Å². The summed E-state index contributed by atoms with van der Waals surface area (Å²) in [5, 5.41) is 0. The van der Waals surface area contributed by atoms with E-state index >= 15 is 0 Å². The van der Waals surface area contributed by atoms with Crippen molar-refractivity contribution in [2.45, 2.75) is 30.5 Å². The lowest BCUT2D eigenvalue weighted by Gasteiger charge is -2.37. The molecule has 2 aliphatic heterocycles. The highest BCUT2D eigenvalue weighted by Crippen LogP contribution is 2.68. The summed E-state index contributed by atoms with van der Waals surface area (Å²) in [6, 6.07) is 0. The maximum atomic E-state index is 12.4. The molecule has 2 atom stereocenters. The first-order chi connectivity index (χ1) is 8.58. The summed E-state index contributed by atoms with van der Waals surface area (Å²) in [5.41, 5.74) is -1.60. The van der Waals surface area contributed by atoms with Crippen molar-refractivity contribution in [3.8, 4) is 0 Å². The van der Waals surface area contributed by atoms with Crippen LogP contribution in [0.25, 0.3) is 0 Å². The Balaban J connectivity index is 1.81. The fourth-order valence-corrected chi connectivity index (χ4v) is 3.17. The zero-order valence-electron chi connectivity index (χ0n) is 9.84. The molecule has 2 spiro atoms. The summed E-state index contributed by atoms with van der Waals surface area (Å²) in [7, 11) is 1.48. The molecule has 2 aliphatic carbocycles. The molecular formula is C13H12O5. The van der Waals surface area contributed by atoms with Crippen LogP contribution in [0.2, 0.25) is 0 Å². The Hall–Kier alpha value is -1.30. The van der Waals surface area contributed by atoms with Gasteiger partial charge < -0.3 is 14.2 Å². The molecular weight excluding hydrogens is 236 g/mol. The summed E-state index contributed by atoms with van der Waals surface area (Å²) >= 11 is 0. The fourth-order valence-electron chi connectivity index (χ4n) is 3.17. The van der Waals surface area contributed by atoms with Gasteiger partial charge in [0.25, 0.3) is 5.97 Å². The van der Waals surface area contributed by atoms with Crippen LogP contribution in [0, 0.1) is 5.41 Å². The third kappa shape index (κ3) is 0.922. The van der Waals surface area contributed by atoms with Crippen LogP contribution in [0.4, 0.5) is 0 Å². The summed E-state index contributed by atoms with van der Waals surface area (Å²) < 4.78 is 17.0. The van der Waals surface area contributed by atoms with E-state index in [2.05, 4.69) is 0 Å². The molecule has 0 N–H and O–H groups in total. The first-order valence-corrected chi connectivity index (χ1v) is 5.97. The van der Waals surface area contributed by atoms with Crippen molar-refractivity contribution < 1.29 is 23.8 Å². The lowest BCUT2D eigenvalue weighted by atomic mass is 9.82. The maximum absolute atomic E-state index is 12.4. The first-order valence-electron chi connectivity index (χ1n) is 5.97. The van der Waals surface area contributed by atoms with Crippen LogP contribution in [0.3, 0.4) is 0 Å². The largest absolute Gasteiger partial charge is 0.330 e. The predicted molar refractivity (Wildman–Crippen MR) is 58.4 cm³/mol. The molecule has 4 aliphatic rings. The van der Waals surface area contributed by atoms with Crippen molar-refractivity contribution in [3.63, 3.8) is 0 Å². The number of hydrogen-bond acceptors (Lipinski definition) is 5. The first kappa shape index (κ1) is 10.6. The Morgan fingerprint density at radius 2 is 1.94 bits per heavy atom. The smallest absolute Gasteiger partial charge is 0.298 e. The number of rotatable bonds is 1. The molecule has 18 heavy (non-hydrogen) atoms. The minimum Gasteiger partial charge on any atom is -0.330 e. The molecule has 0 aromatic rings. The van der Waals surface area contributed by atoms with Gasteiger partial charge in [-0.15, -0.1) is 0 Å². The van der Waals surface area contributed by atoms with E-state index in [1.54, 1.807) is 12.2 Å². The van der Waals surface area contributed by atoms with Crippen molar-refractivity contribution in [3.05, 3.63) is 24.3 Å². The van der Waals surface area contributed by atoms with Crippen molar-refractivity contribution >= 4 is 11.6 Å². The monoisotopic (exact) mass is 248 g/mol. The number of ketones is 2. The highest BCUT2D eigenvalue weighted by molar-refractivity contribution is 6.02. The van der Waals surface area contributed by atoms with E-state index < -0.39 is 23.1 Å². The Labute approximate surface area is 103 Å². The second kappa shape index (κ2) is 2.82. The second-order valence-electron chi connectivity index (χ2n) is 5.23. The minimum atomic E-state index is -1.27. The van der Waals surface area contributed by atoms with Crippen molar-refractivity contribution in [2.75, 3.05) is 7.11 Å². The number of carbonyl (C=O) groups is 2. The topological polar surface area (TPSA) is 61.8 Å². The molecule has 0 radical (unpaired) electrons. The van der Waals surface area contributed by atoms with Crippen LogP contribution in [-0.2, 0) is 23.8 Å². The third-order valence-electron chi connectivity index (χ3n) is 4.32. The summed E-state index contributed by atoms with van der Waals surface area (Å²) in [4.78, 5) is 23.6. The minimum absolute atomic E-state index is 0.0271. The van der Waals surface area contributed by atoms with Crippen molar-refractivity contribution in [2.24, 2.45) is 5.41 Å². The lowest BCUT2D eigenvalue weighted by molar-refractivity contribution is -0.347. The van der Waals surface area contributed by atoms with Crippen LogP contribution in [0.15, 0.2) is 24.3 Å². The quantitative estimate of drug-likeness (QED) is 0.676. The summed E-state index contributed by atoms with van der Waals surface area (Å²) in [5.74, 6) is -1.37. The standard InChI is InChI=1S/C13H12O5/c1-16-13-11(6-7-11)9(15)10(17-13)12(18-13)4-2-8(14)3-5-12/h2-5,10H,6-7H2,1H3. The SMILES string of the molecule is COC12OC(C(=O)C13CC3)C1(C=CC(=O)C=C1)O2. The molecule has 5 nitrogen and oxygen atoms in total. The summed E-state index contributed by atoms with van der Waals surface area (Å²) in [6.45, 7) is 0. The maximum Gasteiger partial charge on any atom is 0.298 e. The predicted octanol–water partition coefficient (Wildman–Crippen LogP) is 0.499. The Kier molecular flexibility index (Phi) is 1.66. The van der Waals surface area contributed by atoms with E-state index in [1.807, 2.05) is 0 Å². The molecule has 0 aromatic carbocycles. The Bertz CT molecular complexity index is 511. The Morgan fingerprint density at radius 3 is 2.50 bits per heavy atom.